The molecule has 0 aliphatic carbocycles. The van der Waals surface area contributed by atoms with E-state index in [-0.39, 0.29) is 10.8 Å². The van der Waals surface area contributed by atoms with Crippen molar-refractivity contribution in [3.05, 3.63) is 41.2 Å². The molecule has 0 spiro atoms. The maximum atomic E-state index is 14.8. The Balaban J connectivity index is 1.91. The predicted octanol–water partition coefficient (Wildman–Crippen LogP) is 2.07. The number of aromatic nitrogens is 2. The van der Waals surface area contributed by atoms with Gasteiger partial charge in [0.05, 0.1) is 13.2 Å². The monoisotopic (exact) mass is 456 g/mol. The first kappa shape index (κ1) is 21.5. The molecular formula is C15H13ClF4N4O4S. The SMILES string of the molecule is Cn1cc(S(=O)(=O)NC2(C(F)(F)F)COC2)c(F)c1C(=O)Nc1ccnc(Cl)c1. The number of aryl methyl sites for hydroxylation is 1. The molecule has 1 saturated heterocycles. The fourth-order valence-corrected chi connectivity index (χ4v) is 4.25. The van der Waals surface area contributed by atoms with Gasteiger partial charge in [-0.25, -0.2) is 17.8 Å². The summed E-state index contributed by atoms with van der Waals surface area (Å²) in [5.41, 5.74) is -3.41. The molecule has 0 bridgehead atoms. The van der Waals surface area contributed by atoms with Crippen molar-refractivity contribution < 1.29 is 35.5 Å². The van der Waals surface area contributed by atoms with Gasteiger partial charge < -0.3 is 14.6 Å². The number of anilines is 1. The minimum absolute atomic E-state index is 0.0442. The van der Waals surface area contributed by atoms with Gasteiger partial charge in [-0.3, -0.25) is 4.79 Å². The van der Waals surface area contributed by atoms with Crippen LogP contribution < -0.4 is 10.0 Å². The Kier molecular flexibility index (Phi) is 5.36. The van der Waals surface area contributed by atoms with E-state index in [1.807, 2.05) is 0 Å². The summed E-state index contributed by atoms with van der Waals surface area (Å²) in [6.45, 7) is -1.89. The Morgan fingerprint density at radius 3 is 2.55 bits per heavy atom. The Morgan fingerprint density at radius 2 is 2.03 bits per heavy atom. The van der Waals surface area contributed by atoms with E-state index in [0.717, 1.165) is 4.57 Å². The molecular weight excluding hydrogens is 444 g/mol. The topological polar surface area (TPSA) is 102 Å². The van der Waals surface area contributed by atoms with Gasteiger partial charge in [0.15, 0.2) is 11.4 Å². The zero-order chi connectivity index (χ0) is 21.6. The molecule has 2 N–H and O–H groups in total. The van der Waals surface area contributed by atoms with Gasteiger partial charge in [0.1, 0.15) is 15.7 Å². The third kappa shape index (κ3) is 3.95. The second kappa shape index (κ2) is 7.23. The summed E-state index contributed by atoms with van der Waals surface area (Å²) in [5.74, 6) is -2.54. The smallest absolute Gasteiger partial charge is 0.377 e. The van der Waals surface area contributed by atoms with Crippen LogP contribution in [-0.2, 0) is 21.8 Å². The Labute approximate surface area is 166 Å². The van der Waals surface area contributed by atoms with Gasteiger partial charge >= 0.3 is 6.18 Å². The Hall–Kier alpha value is -2.22. The van der Waals surface area contributed by atoms with E-state index in [1.165, 1.54) is 30.1 Å². The van der Waals surface area contributed by atoms with E-state index in [9.17, 15) is 30.8 Å². The van der Waals surface area contributed by atoms with Crippen LogP contribution in [0.25, 0.3) is 0 Å². The molecule has 1 amide bonds. The third-order valence-electron chi connectivity index (χ3n) is 4.15. The zero-order valence-electron chi connectivity index (χ0n) is 14.5. The first-order valence-electron chi connectivity index (χ1n) is 7.82. The lowest BCUT2D eigenvalue weighted by atomic mass is 9.99. The molecule has 0 radical (unpaired) electrons. The van der Waals surface area contributed by atoms with Crippen LogP contribution in [0.5, 0.6) is 0 Å². The number of pyridine rings is 1. The molecule has 0 saturated carbocycles. The van der Waals surface area contributed by atoms with Gasteiger partial charge in [-0.1, -0.05) is 11.6 Å². The first-order chi connectivity index (χ1) is 13.4. The number of nitrogens with one attached hydrogen (secondary N) is 2. The average molecular weight is 457 g/mol. The number of hydrogen-bond donors (Lipinski definition) is 2. The maximum Gasteiger partial charge on any atom is 0.412 e. The number of alkyl halides is 3. The third-order valence-corrected chi connectivity index (χ3v) is 5.88. The van der Waals surface area contributed by atoms with E-state index in [1.54, 1.807) is 0 Å². The number of sulfonamides is 1. The van der Waals surface area contributed by atoms with Crippen LogP contribution in [0.1, 0.15) is 10.5 Å². The highest BCUT2D eigenvalue weighted by Gasteiger charge is 2.62. The van der Waals surface area contributed by atoms with Crippen molar-refractivity contribution in [3.63, 3.8) is 0 Å². The minimum atomic E-state index is -4.96. The summed E-state index contributed by atoms with van der Waals surface area (Å²) >= 11 is 5.69. The number of nitrogens with zero attached hydrogens (tertiary/aromatic N) is 2. The van der Waals surface area contributed by atoms with Crippen molar-refractivity contribution in [2.45, 2.75) is 16.6 Å². The van der Waals surface area contributed by atoms with Gasteiger partial charge in [-0.2, -0.15) is 17.9 Å². The highest BCUT2D eigenvalue weighted by Crippen LogP contribution is 2.37. The molecule has 2 aromatic heterocycles. The highest BCUT2D eigenvalue weighted by atomic mass is 35.5. The largest absolute Gasteiger partial charge is 0.412 e. The van der Waals surface area contributed by atoms with Crippen LogP contribution in [0, 0.1) is 5.82 Å². The van der Waals surface area contributed by atoms with Crippen molar-refractivity contribution in [2.24, 2.45) is 7.05 Å². The quantitative estimate of drug-likeness (QED) is 0.530. The molecule has 14 heteroatoms. The second-order valence-electron chi connectivity index (χ2n) is 6.27. The fraction of sp³-hybridized carbons (Fsp3) is 0.333. The van der Waals surface area contributed by atoms with Crippen molar-refractivity contribution >= 4 is 33.2 Å². The van der Waals surface area contributed by atoms with E-state index in [2.05, 4.69) is 15.0 Å². The van der Waals surface area contributed by atoms with Gasteiger partial charge in [-0.05, 0) is 12.1 Å². The molecule has 1 aliphatic rings. The molecule has 8 nitrogen and oxygen atoms in total. The van der Waals surface area contributed by atoms with Crippen LogP contribution in [0.15, 0.2) is 29.4 Å². The molecule has 0 aromatic carbocycles. The minimum Gasteiger partial charge on any atom is -0.377 e. The van der Waals surface area contributed by atoms with Gasteiger partial charge in [-0.15, -0.1) is 0 Å². The summed E-state index contributed by atoms with van der Waals surface area (Å²) in [5, 5.41) is 2.35. The number of carbonyl (C=O) groups is 1. The summed E-state index contributed by atoms with van der Waals surface area (Å²) in [6, 6.07) is 2.62. The van der Waals surface area contributed by atoms with Gasteiger partial charge in [0.2, 0.25) is 10.0 Å². The predicted molar refractivity (Wildman–Crippen MR) is 92.5 cm³/mol. The Bertz CT molecular complexity index is 1070. The lowest BCUT2D eigenvalue weighted by molar-refractivity contribution is -0.260. The van der Waals surface area contributed by atoms with Gasteiger partial charge in [0, 0.05) is 25.1 Å². The molecule has 1 fully saturated rings. The lowest BCUT2D eigenvalue weighted by Crippen LogP contribution is -2.70. The molecule has 0 atom stereocenters. The number of ether oxygens (including phenoxy) is 1. The molecule has 2 aromatic rings. The van der Waals surface area contributed by atoms with E-state index in [0.29, 0.717) is 6.20 Å². The number of rotatable bonds is 5. The molecule has 0 unspecified atom stereocenters. The number of carbonyl (C=O) groups excluding carboxylic acids is 1. The number of hydrogen-bond acceptors (Lipinski definition) is 5. The summed E-state index contributed by atoms with van der Waals surface area (Å²) in [6.07, 6.45) is -2.98. The Morgan fingerprint density at radius 1 is 1.38 bits per heavy atom. The lowest BCUT2D eigenvalue weighted by Gasteiger charge is -2.42. The standard InChI is InChI=1S/C15H13ClF4N4O4S/c1-24-5-9(29(26,27)23-14(6-28-7-14)15(18,19)20)11(17)12(24)13(25)22-8-2-3-21-10(16)4-8/h2-5,23H,6-7H2,1H3,(H,21,22,25). The average Bonchev–Trinajstić information content (AvgIpc) is 2.85. The van der Waals surface area contributed by atoms with Crippen LogP contribution in [0.4, 0.5) is 23.2 Å². The van der Waals surface area contributed by atoms with E-state index in [4.69, 9.17) is 11.6 Å². The first-order valence-corrected chi connectivity index (χ1v) is 9.69. The van der Waals surface area contributed by atoms with Crippen molar-refractivity contribution in [1.82, 2.24) is 14.3 Å². The second-order valence-corrected chi connectivity index (χ2v) is 8.30. The molecule has 29 heavy (non-hydrogen) atoms. The fourth-order valence-electron chi connectivity index (χ4n) is 2.59. The summed E-state index contributed by atoms with van der Waals surface area (Å²) in [7, 11) is -3.80. The zero-order valence-corrected chi connectivity index (χ0v) is 16.1. The highest BCUT2D eigenvalue weighted by molar-refractivity contribution is 7.89. The van der Waals surface area contributed by atoms with Crippen LogP contribution in [0.2, 0.25) is 5.15 Å². The molecule has 158 valence electrons. The molecule has 1 aliphatic heterocycles. The van der Waals surface area contributed by atoms with Crippen LogP contribution in [-0.4, -0.2) is 48.8 Å². The van der Waals surface area contributed by atoms with Crippen molar-refractivity contribution in [2.75, 3.05) is 18.5 Å². The maximum absolute atomic E-state index is 14.8. The van der Waals surface area contributed by atoms with E-state index >= 15 is 0 Å². The van der Waals surface area contributed by atoms with E-state index < -0.39 is 57.3 Å². The van der Waals surface area contributed by atoms with Crippen molar-refractivity contribution in [3.8, 4) is 0 Å². The molecule has 3 heterocycles. The number of amides is 1. The van der Waals surface area contributed by atoms with Gasteiger partial charge in [0.25, 0.3) is 5.91 Å². The van der Waals surface area contributed by atoms with Crippen LogP contribution >= 0.6 is 11.6 Å². The normalized spacial score (nSPS) is 16.3. The summed E-state index contributed by atoms with van der Waals surface area (Å²) in [4.78, 5) is 15.0. The number of halogens is 5. The van der Waals surface area contributed by atoms with Crippen LogP contribution in [0.3, 0.4) is 0 Å². The molecule has 3 rings (SSSR count). The van der Waals surface area contributed by atoms with Crippen molar-refractivity contribution in [1.29, 1.82) is 0 Å². The summed E-state index contributed by atoms with van der Waals surface area (Å²) < 4.78 is 86.0.